The predicted molar refractivity (Wildman–Crippen MR) is 86.9 cm³/mol. The standard InChI is InChI=1S/C17H16N4O/c1-11-10-16(20-18-11)17(22)21-19-12(2)14-9-5-7-13-6-3-4-8-15(13)14/h3-10H,1-2H3,(H,18,20)(H,21,22)/b19-12-. The van der Waals surface area contributed by atoms with Gasteiger partial charge in [0.05, 0.1) is 5.71 Å². The Morgan fingerprint density at radius 2 is 1.95 bits per heavy atom. The van der Waals surface area contributed by atoms with Gasteiger partial charge in [0.1, 0.15) is 0 Å². The number of aryl methyl sites for hydroxylation is 1. The summed E-state index contributed by atoms with van der Waals surface area (Å²) in [6, 6.07) is 15.8. The summed E-state index contributed by atoms with van der Waals surface area (Å²) in [6.45, 7) is 3.71. The van der Waals surface area contributed by atoms with Gasteiger partial charge >= 0.3 is 0 Å². The Morgan fingerprint density at radius 1 is 1.18 bits per heavy atom. The molecule has 0 atom stereocenters. The fourth-order valence-electron chi connectivity index (χ4n) is 2.33. The summed E-state index contributed by atoms with van der Waals surface area (Å²) in [5.41, 5.74) is 5.45. The maximum atomic E-state index is 12.0. The van der Waals surface area contributed by atoms with Crippen molar-refractivity contribution in [3.8, 4) is 0 Å². The lowest BCUT2D eigenvalue weighted by molar-refractivity contribution is 0.0950. The van der Waals surface area contributed by atoms with Gasteiger partial charge in [-0.05, 0) is 30.7 Å². The van der Waals surface area contributed by atoms with Crippen LogP contribution in [-0.4, -0.2) is 21.8 Å². The lowest BCUT2D eigenvalue weighted by Gasteiger charge is -2.06. The number of nitrogens with zero attached hydrogens (tertiary/aromatic N) is 2. The molecule has 3 rings (SSSR count). The fourth-order valence-corrected chi connectivity index (χ4v) is 2.33. The van der Waals surface area contributed by atoms with Crippen LogP contribution in [0.25, 0.3) is 10.8 Å². The summed E-state index contributed by atoms with van der Waals surface area (Å²) in [5.74, 6) is -0.330. The van der Waals surface area contributed by atoms with Gasteiger partial charge in [-0.25, -0.2) is 5.43 Å². The van der Waals surface area contributed by atoms with Crippen LogP contribution in [0.15, 0.2) is 53.6 Å². The molecule has 0 aliphatic rings. The largest absolute Gasteiger partial charge is 0.291 e. The van der Waals surface area contributed by atoms with Crippen LogP contribution in [0.4, 0.5) is 0 Å². The summed E-state index contributed by atoms with van der Waals surface area (Å²) in [7, 11) is 0. The minimum atomic E-state index is -0.330. The van der Waals surface area contributed by atoms with Crippen LogP contribution in [0.3, 0.4) is 0 Å². The number of rotatable bonds is 3. The van der Waals surface area contributed by atoms with Crippen molar-refractivity contribution in [2.24, 2.45) is 5.10 Å². The van der Waals surface area contributed by atoms with E-state index < -0.39 is 0 Å². The van der Waals surface area contributed by atoms with Gasteiger partial charge in [-0.15, -0.1) is 0 Å². The summed E-state index contributed by atoms with van der Waals surface area (Å²) in [4.78, 5) is 12.0. The highest BCUT2D eigenvalue weighted by atomic mass is 16.2. The van der Waals surface area contributed by atoms with Crippen LogP contribution in [-0.2, 0) is 0 Å². The average Bonchev–Trinajstić information content (AvgIpc) is 2.98. The highest BCUT2D eigenvalue weighted by molar-refractivity contribution is 6.10. The average molecular weight is 292 g/mol. The van der Waals surface area contributed by atoms with Crippen LogP contribution in [0.5, 0.6) is 0 Å². The zero-order valence-corrected chi connectivity index (χ0v) is 12.4. The number of fused-ring (bicyclic) bond motifs is 1. The molecule has 5 heteroatoms. The quantitative estimate of drug-likeness (QED) is 0.575. The third-order valence-electron chi connectivity index (χ3n) is 3.44. The molecule has 0 radical (unpaired) electrons. The molecule has 1 aromatic heterocycles. The van der Waals surface area contributed by atoms with Crippen molar-refractivity contribution in [2.45, 2.75) is 13.8 Å². The van der Waals surface area contributed by atoms with Gasteiger partial charge in [0, 0.05) is 11.3 Å². The van der Waals surface area contributed by atoms with Crippen LogP contribution >= 0.6 is 0 Å². The number of benzene rings is 2. The van der Waals surface area contributed by atoms with Gasteiger partial charge in [-0.2, -0.15) is 10.2 Å². The molecule has 22 heavy (non-hydrogen) atoms. The Labute approximate surface area is 128 Å². The molecule has 1 amide bonds. The number of aromatic amines is 1. The number of amides is 1. The normalized spacial score (nSPS) is 11.6. The highest BCUT2D eigenvalue weighted by Gasteiger charge is 2.09. The van der Waals surface area contributed by atoms with E-state index in [-0.39, 0.29) is 5.91 Å². The molecule has 0 fully saturated rings. The smallest absolute Gasteiger partial charge is 0.282 e. The highest BCUT2D eigenvalue weighted by Crippen LogP contribution is 2.19. The first-order chi connectivity index (χ1) is 10.6. The Kier molecular flexibility index (Phi) is 3.70. The molecule has 5 nitrogen and oxygen atoms in total. The Bertz CT molecular complexity index is 858. The lowest BCUT2D eigenvalue weighted by Crippen LogP contribution is -2.19. The van der Waals surface area contributed by atoms with E-state index in [4.69, 9.17) is 0 Å². The Hall–Kier alpha value is -2.95. The third-order valence-corrected chi connectivity index (χ3v) is 3.44. The molecule has 0 saturated carbocycles. The SMILES string of the molecule is C/C(=N/NC(=O)c1cc(C)[nH]n1)c1cccc2ccccc12. The molecule has 1 heterocycles. The van der Waals surface area contributed by atoms with Crippen molar-refractivity contribution in [2.75, 3.05) is 0 Å². The molecular formula is C17H16N4O. The molecule has 0 unspecified atom stereocenters. The van der Waals surface area contributed by atoms with E-state index >= 15 is 0 Å². The summed E-state index contributed by atoms with van der Waals surface area (Å²) in [6.07, 6.45) is 0. The third kappa shape index (κ3) is 2.74. The number of hydrogen-bond donors (Lipinski definition) is 2. The van der Waals surface area contributed by atoms with Crippen LogP contribution in [0, 0.1) is 6.92 Å². The van der Waals surface area contributed by atoms with Gasteiger partial charge in [-0.1, -0.05) is 42.5 Å². The predicted octanol–water partition coefficient (Wildman–Crippen LogP) is 3.03. The minimum absolute atomic E-state index is 0.326. The van der Waals surface area contributed by atoms with E-state index in [1.165, 1.54) is 0 Å². The molecule has 0 saturated heterocycles. The summed E-state index contributed by atoms with van der Waals surface area (Å²) in [5, 5.41) is 13.1. The van der Waals surface area contributed by atoms with Crippen molar-refractivity contribution in [1.29, 1.82) is 0 Å². The van der Waals surface area contributed by atoms with Crippen LogP contribution < -0.4 is 5.43 Å². The van der Waals surface area contributed by atoms with Gasteiger partial charge in [0.2, 0.25) is 0 Å². The number of hydrazone groups is 1. The Morgan fingerprint density at radius 3 is 2.73 bits per heavy atom. The van der Waals surface area contributed by atoms with E-state index in [1.807, 2.05) is 44.2 Å². The van der Waals surface area contributed by atoms with Crippen molar-refractivity contribution >= 4 is 22.4 Å². The van der Waals surface area contributed by atoms with E-state index in [0.717, 1.165) is 27.7 Å². The summed E-state index contributed by atoms with van der Waals surface area (Å²) >= 11 is 0. The van der Waals surface area contributed by atoms with Gasteiger partial charge in [0.15, 0.2) is 5.69 Å². The monoisotopic (exact) mass is 292 g/mol. The molecular weight excluding hydrogens is 276 g/mol. The van der Waals surface area contributed by atoms with E-state index in [2.05, 4.69) is 32.9 Å². The van der Waals surface area contributed by atoms with Crippen molar-refractivity contribution < 1.29 is 4.79 Å². The topological polar surface area (TPSA) is 70.1 Å². The molecule has 110 valence electrons. The number of nitrogens with one attached hydrogen (secondary N) is 2. The van der Waals surface area contributed by atoms with E-state index in [0.29, 0.717) is 5.69 Å². The number of carbonyl (C=O) groups excluding carboxylic acids is 1. The van der Waals surface area contributed by atoms with E-state index in [9.17, 15) is 4.79 Å². The molecule has 0 spiro atoms. The maximum Gasteiger partial charge on any atom is 0.291 e. The molecule has 2 N–H and O–H groups in total. The number of hydrogen-bond acceptors (Lipinski definition) is 3. The second-order valence-electron chi connectivity index (χ2n) is 5.10. The fraction of sp³-hybridized carbons (Fsp3) is 0.118. The summed E-state index contributed by atoms with van der Waals surface area (Å²) < 4.78 is 0. The first kappa shape index (κ1) is 14.0. The van der Waals surface area contributed by atoms with E-state index in [1.54, 1.807) is 6.07 Å². The van der Waals surface area contributed by atoms with Crippen LogP contribution in [0.2, 0.25) is 0 Å². The molecule has 0 bridgehead atoms. The molecule has 3 aromatic rings. The zero-order chi connectivity index (χ0) is 15.5. The second kappa shape index (κ2) is 5.81. The minimum Gasteiger partial charge on any atom is -0.282 e. The lowest BCUT2D eigenvalue weighted by atomic mass is 10.0. The van der Waals surface area contributed by atoms with Gasteiger partial charge in [-0.3, -0.25) is 9.89 Å². The first-order valence-electron chi connectivity index (χ1n) is 7.00. The number of aromatic nitrogens is 2. The molecule has 2 aromatic carbocycles. The van der Waals surface area contributed by atoms with Gasteiger partial charge < -0.3 is 0 Å². The van der Waals surface area contributed by atoms with Crippen LogP contribution in [0.1, 0.15) is 28.7 Å². The maximum absolute atomic E-state index is 12.0. The number of carbonyl (C=O) groups is 1. The van der Waals surface area contributed by atoms with Crippen molar-refractivity contribution in [1.82, 2.24) is 15.6 Å². The zero-order valence-electron chi connectivity index (χ0n) is 12.4. The van der Waals surface area contributed by atoms with Gasteiger partial charge in [0.25, 0.3) is 5.91 Å². The Balaban J connectivity index is 1.86. The van der Waals surface area contributed by atoms with Crippen molar-refractivity contribution in [3.63, 3.8) is 0 Å². The molecule has 0 aliphatic carbocycles. The van der Waals surface area contributed by atoms with Crippen molar-refractivity contribution in [3.05, 3.63) is 65.5 Å². The molecule has 0 aliphatic heterocycles. The second-order valence-corrected chi connectivity index (χ2v) is 5.10. The number of H-pyrrole nitrogens is 1. The first-order valence-corrected chi connectivity index (χ1v) is 7.00.